The van der Waals surface area contributed by atoms with Crippen LogP contribution in [-0.4, -0.2) is 19.4 Å². The van der Waals surface area contributed by atoms with Crippen molar-refractivity contribution in [3.63, 3.8) is 0 Å². The van der Waals surface area contributed by atoms with Crippen molar-refractivity contribution < 1.29 is 21.6 Å². The molecule has 0 aliphatic carbocycles. The van der Waals surface area contributed by atoms with Crippen LogP contribution in [0.5, 0.6) is 0 Å². The summed E-state index contributed by atoms with van der Waals surface area (Å²) in [6.45, 7) is 0.210. The van der Waals surface area contributed by atoms with Gasteiger partial charge in [-0.15, -0.1) is 0 Å². The molecular weight excluding hydrogens is 382 g/mol. The first-order valence-electron chi connectivity index (χ1n) is 5.00. The van der Waals surface area contributed by atoms with Gasteiger partial charge in [0, 0.05) is 11.0 Å². The zero-order valence-electron chi connectivity index (χ0n) is 9.17. The van der Waals surface area contributed by atoms with Crippen LogP contribution in [0.3, 0.4) is 0 Å². The van der Waals surface area contributed by atoms with E-state index in [1.165, 1.54) is 0 Å². The van der Waals surface area contributed by atoms with Crippen molar-refractivity contribution in [2.24, 2.45) is 0 Å². The third-order valence-electron chi connectivity index (χ3n) is 2.07. The molecule has 0 aliphatic heterocycles. The van der Waals surface area contributed by atoms with E-state index in [1.54, 1.807) is 0 Å². The van der Waals surface area contributed by atoms with Gasteiger partial charge in [-0.3, -0.25) is 0 Å². The first-order chi connectivity index (χ1) is 8.27. The molecule has 0 aromatic heterocycles. The molecule has 102 valence electrons. The van der Waals surface area contributed by atoms with Crippen LogP contribution in [-0.2, 0) is 16.2 Å². The predicted octanol–water partition coefficient (Wildman–Crippen LogP) is 2.81. The number of nitrogens with one attached hydrogen (secondary N) is 1. The average Bonchev–Trinajstić information content (AvgIpc) is 2.28. The van der Waals surface area contributed by atoms with Gasteiger partial charge in [0.1, 0.15) is 0 Å². The second-order valence-electron chi connectivity index (χ2n) is 3.47. The van der Waals surface area contributed by atoms with E-state index in [-0.39, 0.29) is 11.4 Å². The van der Waals surface area contributed by atoms with Crippen LogP contribution < -0.4 is 4.72 Å². The molecule has 18 heavy (non-hydrogen) atoms. The van der Waals surface area contributed by atoms with Crippen molar-refractivity contribution in [3.8, 4) is 0 Å². The van der Waals surface area contributed by atoms with Gasteiger partial charge in [0.15, 0.2) is 0 Å². The van der Waals surface area contributed by atoms with Crippen LogP contribution in [0.1, 0.15) is 12.0 Å². The molecule has 0 spiro atoms. The standard InChI is InChI=1S/C10H11F3INO2S/c11-10(12,13)8-3-1-4-9(7-8)18(16,17)15-6-2-5-14/h1,3-4,7,15H,2,5-6H2. The Hall–Kier alpha value is -0.350. The smallest absolute Gasteiger partial charge is 0.211 e. The lowest BCUT2D eigenvalue weighted by Gasteiger charge is -2.09. The first kappa shape index (κ1) is 15.7. The number of rotatable bonds is 5. The number of hydrogen-bond acceptors (Lipinski definition) is 2. The molecule has 1 aromatic carbocycles. The summed E-state index contributed by atoms with van der Waals surface area (Å²) in [5.41, 5.74) is -0.973. The van der Waals surface area contributed by atoms with Crippen molar-refractivity contribution in [3.05, 3.63) is 29.8 Å². The molecule has 0 fully saturated rings. The number of hydrogen-bond donors (Lipinski definition) is 1. The minimum atomic E-state index is -4.55. The number of halogens is 4. The fraction of sp³-hybridized carbons (Fsp3) is 0.400. The van der Waals surface area contributed by atoms with Crippen molar-refractivity contribution >= 4 is 32.6 Å². The van der Waals surface area contributed by atoms with Gasteiger partial charge >= 0.3 is 6.18 Å². The fourth-order valence-electron chi connectivity index (χ4n) is 1.20. The minimum absolute atomic E-state index is 0.210. The Morgan fingerprint density at radius 2 is 1.94 bits per heavy atom. The minimum Gasteiger partial charge on any atom is -0.211 e. The van der Waals surface area contributed by atoms with Crippen LogP contribution in [0.4, 0.5) is 13.2 Å². The summed E-state index contributed by atoms with van der Waals surface area (Å²) in [5, 5.41) is 0. The lowest BCUT2D eigenvalue weighted by atomic mass is 10.2. The highest BCUT2D eigenvalue weighted by Crippen LogP contribution is 2.30. The Morgan fingerprint density at radius 1 is 1.28 bits per heavy atom. The van der Waals surface area contributed by atoms with Gasteiger partial charge in [0.25, 0.3) is 0 Å². The van der Waals surface area contributed by atoms with Crippen molar-refractivity contribution in [2.45, 2.75) is 17.5 Å². The molecule has 8 heteroatoms. The fourth-order valence-corrected chi connectivity index (χ4v) is 2.70. The van der Waals surface area contributed by atoms with Gasteiger partial charge in [-0.25, -0.2) is 13.1 Å². The maximum atomic E-state index is 12.4. The molecule has 3 nitrogen and oxygen atoms in total. The Bertz CT molecular complexity index is 502. The van der Waals surface area contributed by atoms with E-state index in [0.717, 1.165) is 22.6 Å². The number of alkyl halides is 4. The summed E-state index contributed by atoms with van der Waals surface area (Å²) in [6, 6.07) is 3.69. The summed E-state index contributed by atoms with van der Waals surface area (Å²) in [7, 11) is -3.87. The molecule has 1 aromatic rings. The van der Waals surface area contributed by atoms with E-state index >= 15 is 0 Å². The van der Waals surface area contributed by atoms with Gasteiger partial charge in [-0.1, -0.05) is 28.7 Å². The quantitative estimate of drug-likeness (QED) is 0.475. The van der Waals surface area contributed by atoms with E-state index in [1.807, 2.05) is 0 Å². The zero-order chi connectivity index (χ0) is 13.8. The van der Waals surface area contributed by atoms with Crippen LogP contribution in [0.25, 0.3) is 0 Å². The number of benzene rings is 1. The van der Waals surface area contributed by atoms with Gasteiger partial charge in [-0.05, 0) is 24.6 Å². The monoisotopic (exact) mass is 393 g/mol. The zero-order valence-corrected chi connectivity index (χ0v) is 12.1. The molecule has 1 N–H and O–H groups in total. The largest absolute Gasteiger partial charge is 0.416 e. The van der Waals surface area contributed by atoms with E-state index in [0.29, 0.717) is 12.5 Å². The maximum absolute atomic E-state index is 12.4. The van der Waals surface area contributed by atoms with Crippen LogP contribution in [0.15, 0.2) is 29.2 Å². The lowest BCUT2D eigenvalue weighted by Crippen LogP contribution is -2.25. The number of sulfonamides is 1. The van der Waals surface area contributed by atoms with E-state index in [9.17, 15) is 21.6 Å². The molecular formula is C10H11F3INO2S. The highest BCUT2D eigenvalue weighted by molar-refractivity contribution is 14.1. The van der Waals surface area contributed by atoms with Gasteiger partial charge in [0.2, 0.25) is 10.0 Å². The second kappa shape index (κ2) is 6.20. The summed E-state index contributed by atoms with van der Waals surface area (Å²) in [4.78, 5) is -0.370. The van der Waals surface area contributed by atoms with Gasteiger partial charge in [0.05, 0.1) is 10.5 Å². The second-order valence-corrected chi connectivity index (χ2v) is 6.31. The highest BCUT2D eigenvalue weighted by Gasteiger charge is 2.31. The van der Waals surface area contributed by atoms with Crippen LogP contribution in [0, 0.1) is 0 Å². The van der Waals surface area contributed by atoms with Crippen molar-refractivity contribution in [2.75, 3.05) is 11.0 Å². The van der Waals surface area contributed by atoms with Crippen LogP contribution in [0.2, 0.25) is 0 Å². The first-order valence-corrected chi connectivity index (χ1v) is 8.01. The predicted molar refractivity (Wildman–Crippen MR) is 70.1 cm³/mol. The van der Waals surface area contributed by atoms with E-state index in [4.69, 9.17) is 0 Å². The molecule has 0 saturated heterocycles. The Kier molecular flexibility index (Phi) is 5.41. The van der Waals surface area contributed by atoms with Crippen molar-refractivity contribution in [1.29, 1.82) is 0 Å². The molecule has 0 aliphatic rings. The van der Waals surface area contributed by atoms with Crippen LogP contribution >= 0.6 is 22.6 Å². The third kappa shape index (κ3) is 4.39. The highest BCUT2D eigenvalue weighted by atomic mass is 127. The Balaban J connectivity index is 2.96. The summed E-state index contributed by atoms with van der Waals surface area (Å²) in [5.74, 6) is 0. The molecule has 0 heterocycles. The van der Waals surface area contributed by atoms with E-state index in [2.05, 4.69) is 27.3 Å². The molecule has 1 rings (SSSR count). The summed E-state index contributed by atoms with van der Waals surface area (Å²) < 4.78 is 63.8. The third-order valence-corrected chi connectivity index (χ3v) is 4.30. The molecule has 0 unspecified atom stereocenters. The Labute approximate surface area is 117 Å². The van der Waals surface area contributed by atoms with Gasteiger partial charge in [-0.2, -0.15) is 13.2 Å². The summed E-state index contributed by atoms with van der Waals surface area (Å²) in [6.07, 6.45) is -3.92. The Morgan fingerprint density at radius 3 is 2.50 bits per heavy atom. The van der Waals surface area contributed by atoms with Gasteiger partial charge < -0.3 is 0 Å². The topological polar surface area (TPSA) is 46.2 Å². The maximum Gasteiger partial charge on any atom is 0.416 e. The molecule has 0 radical (unpaired) electrons. The molecule has 0 saturated carbocycles. The average molecular weight is 393 g/mol. The molecule has 0 bridgehead atoms. The van der Waals surface area contributed by atoms with E-state index < -0.39 is 21.8 Å². The molecule has 0 atom stereocenters. The lowest BCUT2D eigenvalue weighted by molar-refractivity contribution is -0.137. The SMILES string of the molecule is O=S(=O)(NCCCI)c1cccc(C(F)(F)F)c1. The normalized spacial score (nSPS) is 12.7. The van der Waals surface area contributed by atoms with Crippen molar-refractivity contribution in [1.82, 2.24) is 4.72 Å². The summed E-state index contributed by atoms with van der Waals surface area (Å²) >= 11 is 2.09. The molecule has 0 amide bonds.